The molecule has 0 spiro atoms. The molecule has 1 atom stereocenters. The van der Waals surface area contributed by atoms with Crippen LogP contribution in [0.15, 0.2) is 42.5 Å². The van der Waals surface area contributed by atoms with Gasteiger partial charge in [0.1, 0.15) is 5.82 Å². The van der Waals surface area contributed by atoms with E-state index in [-0.39, 0.29) is 22.6 Å². The van der Waals surface area contributed by atoms with Gasteiger partial charge in [0, 0.05) is 16.8 Å². The van der Waals surface area contributed by atoms with Crippen molar-refractivity contribution < 1.29 is 17.6 Å². The molecule has 0 aromatic heterocycles. The average Bonchev–Trinajstić information content (AvgIpc) is 2.37. The predicted molar refractivity (Wildman–Crippen MR) is 74.9 cm³/mol. The Labute approximate surface area is 124 Å². The topological polar surface area (TPSA) is 12.0 Å². The van der Waals surface area contributed by atoms with Gasteiger partial charge in [-0.1, -0.05) is 23.7 Å². The first-order valence-electron chi connectivity index (χ1n) is 6.15. The van der Waals surface area contributed by atoms with Crippen LogP contribution in [0.5, 0.6) is 0 Å². The molecule has 21 heavy (non-hydrogen) atoms. The third-order valence-corrected chi connectivity index (χ3v) is 3.20. The maximum Gasteiger partial charge on any atom is 0.416 e. The van der Waals surface area contributed by atoms with Gasteiger partial charge in [0.25, 0.3) is 0 Å². The SMILES string of the molecule is CC(Nc1cc(Cl)cc(C(F)(F)F)c1)c1ccc(F)cc1. The Morgan fingerprint density at radius 1 is 1.05 bits per heavy atom. The Hall–Kier alpha value is -1.75. The van der Waals surface area contributed by atoms with E-state index in [9.17, 15) is 17.6 Å². The average molecular weight is 318 g/mol. The number of nitrogens with one attached hydrogen (secondary N) is 1. The molecule has 0 saturated carbocycles. The van der Waals surface area contributed by atoms with Crippen LogP contribution in [0.1, 0.15) is 24.1 Å². The Morgan fingerprint density at radius 3 is 2.24 bits per heavy atom. The van der Waals surface area contributed by atoms with Crippen molar-refractivity contribution in [1.29, 1.82) is 0 Å². The van der Waals surface area contributed by atoms with Crippen LogP contribution in [0.4, 0.5) is 23.2 Å². The van der Waals surface area contributed by atoms with E-state index in [0.717, 1.165) is 17.7 Å². The van der Waals surface area contributed by atoms with E-state index in [1.807, 2.05) is 0 Å². The van der Waals surface area contributed by atoms with E-state index in [1.54, 1.807) is 19.1 Å². The van der Waals surface area contributed by atoms with Gasteiger partial charge in [0.2, 0.25) is 0 Å². The third-order valence-electron chi connectivity index (χ3n) is 2.98. The first-order chi connectivity index (χ1) is 9.75. The number of rotatable bonds is 3. The summed E-state index contributed by atoms with van der Waals surface area (Å²) in [5.41, 5.74) is 0.195. The number of alkyl halides is 3. The fourth-order valence-electron chi connectivity index (χ4n) is 1.92. The van der Waals surface area contributed by atoms with Gasteiger partial charge in [-0.3, -0.25) is 0 Å². The van der Waals surface area contributed by atoms with Gasteiger partial charge in [-0.25, -0.2) is 4.39 Å². The quantitative estimate of drug-likeness (QED) is 0.719. The Morgan fingerprint density at radius 2 is 1.67 bits per heavy atom. The highest BCUT2D eigenvalue weighted by Gasteiger charge is 2.31. The van der Waals surface area contributed by atoms with Crippen molar-refractivity contribution in [1.82, 2.24) is 0 Å². The van der Waals surface area contributed by atoms with Gasteiger partial charge in [0.05, 0.1) is 5.56 Å². The second-order valence-electron chi connectivity index (χ2n) is 4.64. The van der Waals surface area contributed by atoms with Gasteiger partial charge >= 0.3 is 6.18 Å². The standard InChI is InChI=1S/C15H12ClF4N/c1-9(10-2-4-13(17)5-3-10)21-14-7-11(15(18,19)20)6-12(16)8-14/h2-9,21H,1H3. The summed E-state index contributed by atoms with van der Waals surface area (Å²) < 4.78 is 51.0. The van der Waals surface area contributed by atoms with E-state index in [2.05, 4.69) is 5.32 Å². The lowest BCUT2D eigenvalue weighted by Crippen LogP contribution is -2.09. The van der Waals surface area contributed by atoms with Gasteiger partial charge in [-0.05, 0) is 42.8 Å². The van der Waals surface area contributed by atoms with Crippen molar-refractivity contribution in [2.75, 3.05) is 5.32 Å². The van der Waals surface area contributed by atoms with Crippen LogP contribution >= 0.6 is 11.6 Å². The lowest BCUT2D eigenvalue weighted by atomic mass is 10.1. The van der Waals surface area contributed by atoms with Gasteiger partial charge < -0.3 is 5.32 Å². The summed E-state index contributed by atoms with van der Waals surface area (Å²) in [4.78, 5) is 0. The predicted octanol–water partition coefficient (Wildman–Crippen LogP) is 5.67. The van der Waals surface area contributed by atoms with Crippen LogP contribution in [-0.4, -0.2) is 0 Å². The highest BCUT2D eigenvalue weighted by atomic mass is 35.5. The minimum absolute atomic E-state index is 0.00127. The maximum absolute atomic E-state index is 12.9. The lowest BCUT2D eigenvalue weighted by Gasteiger charge is -2.17. The van der Waals surface area contributed by atoms with Crippen molar-refractivity contribution >= 4 is 17.3 Å². The molecule has 1 nitrogen and oxygen atoms in total. The molecule has 0 heterocycles. The summed E-state index contributed by atoms with van der Waals surface area (Å²) in [5, 5.41) is 2.92. The minimum Gasteiger partial charge on any atom is -0.378 e. The normalized spacial score (nSPS) is 13.0. The zero-order chi connectivity index (χ0) is 15.6. The first-order valence-corrected chi connectivity index (χ1v) is 6.53. The number of halogens is 5. The fraction of sp³-hybridized carbons (Fsp3) is 0.200. The second kappa shape index (κ2) is 5.93. The van der Waals surface area contributed by atoms with Gasteiger partial charge in [0.15, 0.2) is 0 Å². The molecule has 112 valence electrons. The molecular weight excluding hydrogens is 306 g/mol. The van der Waals surface area contributed by atoms with Crippen LogP contribution < -0.4 is 5.32 Å². The molecule has 2 rings (SSSR count). The van der Waals surface area contributed by atoms with E-state index in [1.165, 1.54) is 18.2 Å². The molecule has 0 saturated heterocycles. The van der Waals surface area contributed by atoms with Crippen LogP contribution in [0.3, 0.4) is 0 Å². The zero-order valence-corrected chi connectivity index (χ0v) is 11.8. The highest BCUT2D eigenvalue weighted by Crippen LogP contribution is 2.34. The molecule has 1 N–H and O–H groups in total. The Bertz CT molecular complexity index is 623. The van der Waals surface area contributed by atoms with Crippen LogP contribution in [-0.2, 0) is 6.18 Å². The lowest BCUT2D eigenvalue weighted by molar-refractivity contribution is -0.137. The summed E-state index contributed by atoms with van der Waals surface area (Å²) in [6.07, 6.45) is -4.46. The molecule has 2 aromatic rings. The largest absolute Gasteiger partial charge is 0.416 e. The van der Waals surface area contributed by atoms with Crippen molar-refractivity contribution in [2.45, 2.75) is 19.1 Å². The van der Waals surface area contributed by atoms with E-state index >= 15 is 0 Å². The summed E-state index contributed by atoms with van der Waals surface area (Å²) in [6.45, 7) is 1.77. The minimum atomic E-state index is -4.46. The number of anilines is 1. The van der Waals surface area contributed by atoms with Crippen molar-refractivity contribution in [3.05, 3.63) is 64.4 Å². The molecule has 1 unspecified atom stereocenters. The molecule has 0 bridgehead atoms. The number of hydrogen-bond acceptors (Lipinski definition) is 1. The molecule has 2 aromatic carbocycles. The molecule has 6 heteroatoms. The molecule has 0 aliphatic heterocycles. The van der Waals surface area contributed by atoms with Crippen molar-refractivity contribution in [2.24, 2.45) is 0 Å². The summed E-state index contributed by atoms with van der Waals surface area (Å²) in [7, 11) is 0. The van der Waals surface area contributed by atoms with Gasteiger partial charge in [-0.2, -0.15) is 13.2 Å². The third kappa shape index (κ3) is 4.11. The van der Waals surface area contributed by atoms with Crippen molar-refractivity contribution in [3.8, 4) is 0 Å². The first kappa shape index (κ1) is 15.6. The van der Waals surface area contributed by atoms with Crippen LogP contribution in [0.2, 0.25) is 5.02 Å². The summed E-state index contributed by atoms with van der Waals surface area (Å²) in [6, 6.07) is 8.73. The summed E-state index contributed by atoms with van der Waals surface area (Å²) in [5.74, 6) is -0.368. The highest BCUT2D eigenvalue weighted by molar-refractivity contribution is 6.30. The monoisotopic (exact) mass is 317 g/mol. The molecule has 0 aliphatic rings. The Balaban J connectivity index is 2.23. The molecule has 0 fully saturated rings. The smallest absolute Gasteiger partial charge is 0.378 e. The van der Waals surface area contributed by atoms with E-state index < -0.39 is 11.7 Å². The van der Waals surface area contributed by atoms with Crippen molar-refractivity contribution in [3.63, 3.8) is 0 Å². The zero-order valence-electron chi connectivity index (χ0n) is 11.0. The number of benzene rings is 2. The molecule has 0 amide bonds. The van der Waals surface area contributed by atoms with Gasteiger partial charge in [-0.15, -0.1) is 0 Å². The summed E-state index contributed by atoms with van der Waals surface area (Å²) >= 11 is 5.72. The molecule has 0 aliphatic carbocycles. The van der Waals surface area contributed by atoms with E-state index in [4.69, 9.17) is 11.6 Å². The second-order valence-corrected chi connectivity index (χ2v) is 5.08. The maximum atomic E-state index is 12.9. The molecular formula is C15H12ClF4N. The van der Waals surface area contributed by atoms with Crippen LogP contribution in [0, 0.1) is 5.82 Å². The fourth-order valence-corrected chi connectivity index (χ4v) is 2.16. The van der Waals surface area contributed by atoms with E-state index in [0.29, 0.717) is 0 Å². The number of hydrogen-bond donors (Lipinski definition) is 1. The molecule has 0 radical (unpaired) electrons. The Kier molecular flexibility index (Phi) is 4.42. The van der Waals surface area contributed by atoms with Crippen LogP contribution in [0.25, 0.3) is 0 Å².